The largest absolute Gasteiger partial charge is 0.393 e. The average molecular weight is 306 g/mol. The molecule has 1 aromatic rings. The van der Waals surface area contributed by atoms with E-state index in [9.17, 15) is 0 Å². The second-order valence-electron chi connectivity index (χ2n) is 6.93. The molecular weight excluding hydrogens is 280 g/mol. The minimum absolute atomic E-state index is 0.107. The van der Waals surface area contributed by atoms with Crippen molar-refractivity contribution in [2.75, 3.05) is 11.4 Å². The van der Waals surface area contributed by atoms with Gasteiger partial charge in [0.25, 0.3) is 0 Å². The Labute approximate surface area is 133 Å². The summed E-state index contributed by atoms with van der Waals surface area (Å²) in [6.45, 7) is 9.48. The minimum atomic E-state index is -0.199. The van der Waals surface area contributed by atoms with E-state index in [2.05, 4.69) is 56.9 Å². The maximum absolute atomic E-state index is 6.25. The Hall–Kier alpha value is -1.13. The molecule has 2 N–H and O–H groups in total. The molecule has 0 aliphatic carbocycles. The summed E-state index contributed by atoms with van der Waals surface area (Å²) in [5, 5.41) is 0. The summed E-state index contributed by atoms with van der Waals surface area (Å²) in [7, 11) is 0. The Kier molecular flexibility index (Phi) is 4.59. The molecule has 1 aliphatic heterocycles. The summed E-state index contributed by atoms with van der Waals surface area (Å²) in [4.78, 5) is 2.96. The zero-order valence-corrected chi connectivity index (χ0v) is 14.2. The third kappa shape index (κ3) is 3.95. The molecule has 0 saturated carbocycles. The normalized spacial score (nSPS) is 23.0. The Morgan fingerprint density at radius 2 is 1.90 bits per heavy atom. The molecule has 1 unspecified atom stereocenters. The summed E-state index contributed by atoms with van der Waals surface area (Å²) >= 11 is 5.06. The van der Waals surface area contributed by atoms with E-state index in [1.165, 1.54) is 5.69 Å². The summed E-state index contributed by atoms with van der Waals surface area (Å²) in [6.07, 6.45) is 1.71. The Bertz CT molecular complexity index is 499. The molecule has 4 heteroatoms. The number of nitrogens with zero attached hydrogens (tertiary/aromatic N) is 1. The molecule has 0 bridgehead atoms. The van der Waals surface area contributed by atoms with Gasteiger partial charge in [-0.1, -0.05) is 30.4 Å². The monoisotopic (exact) mass is 306 g/mol. The average Bonchev–Trinajstić information content (AvgIpc) is 2.59. The Morgan fingerprint density at radius 3 is 2.38 bits per heavy atom. The van der Waals surface area contributed by atoms with E-state index in [1.54, 1.807) is 0 Å². The first-order valence-corrected chi connectivity index (χ1v) is 7.92. The van der Waals surface area contributed by atoms with Crippen molar-refractivity contribution in [2.24, 2.45) is 5.73 Å². The maximum atomic E-state index is 6.25. The van der Waals surface area contributed by atoms with E-state index in [0.29, 0.717) is 11.0 Å². The number of thiocarbonyl (C=S) groups is 1. The first kappa shape index (κ1) is 16.2. The maximum Gasteiger partial charge on any atom is 0.0837 e. The van der Waals surface area contributed by atoms with E-state index in [0.717, 1.165) is 19.4 Å². The van der Waals surface area contributed by atoms with Gasteiger partial charge in [-0.3, -0.25) is 0 Å². The predicted molar refractivity (Wildman–Crippen MR) is 92.8 cm³/mol. The smallest absolute Gasteiger partial charge is 0.0837 e. The van der Waals surface area contributed by atoms with Gasteiger partial charge in [0.05, 0.1) is 22.2 Å². The summed E-state index contributed by atoms with van der Waals surface area (Å²) in [5.74, 6) is 0. The van der Waals surface area contributed by atoms with Crippen molar-refractivity contribution < 1.29 is 4.74 Å². The van der Waals surface area contributed by atoms with Gasteiger partial charge in [-0.2, -0.15) is 0 Å². The first-order valence-electron chi connectivity index (χ1n) is 7.51. The summed E-state index contributed by atoms with van der Waals surface area (Å²) < 4.78 is 6.25. The van der Waals surface area contributed by atoms with E-state index in [4.69, 9.17) is 22.7 Å². The van der Waals surface area contributed by atoms with E-state index in [1.807, 2.05) is 6.07 Å². The summed E-state index contributed by atoms with van der Waals surface area (Å²) in [6, 6.07) is 10.8. The molecule has 21 heavy (non-hydrogen) atoms. The van der Waals surface area contributed by atoms with Crippen LogP contribution in [0, 0.1) is 0 Å². The highest BCUT2D eigenvalue weighted by molar-refractivity contribution is 7.80. The number of ether oxygens (including phenoxy) is 1. The molecule has 1 fully saturated rings. The molecule has 1 aromatic carbocycles. The number of hydrogen-bond donors (Lipinski definition) is 1. The van der Waals surface area contributed by atoms with Crippen molar-refractivity contribution in [3.8, 4) is 0 Å². The van der Waals surface area contributed by atoms with Crippen molar-refractivity contribution in [1.82, 2.24) is 0 Å². The van der Waals surface area contributed by atoms with Gasteiger partial charge in [-0.15, -0.1) is 0 Å². The molecule has 3 nitrogen and oxygen atoms in total. The third-order valence-corrected chi connectivity index (χ3v) is 4.29. The van der Waals surface area contributed by atoms with E-state index >= 15 is 0 Å². The van der Waals surface area contributed by atoms with E-state index in [-0.39, 0.29) is 11.2 Å². The van der Waals surface area contributed by atoms with Crippen LogP contribution in [0.1, 0.15) is 40.5 Å². The van der Waals surface area contributed by atoms with Gasteiger partial charge in [0.2, 0.25) is 0 Å². The second kappa shape index (κ2) is 5.93. The van der Waals surface area contributed by atoms with Crippen LogP contribution in [0.2, 0.25) is 0 Å². The van der Waals surface area contributed by atoms with Crippen molar-refractivity contribution >= 4 is 22.9 Å². The molecule has 2 rings (SSSR count). The van der Waals surface area contributed by atoms with Gasteiger partial charge in [0, 0.05) is 18.7 Å². The van der Waals surface area contributed by atoms with Crippen LogP contribution in [-0.4, -0.2) is 28.8 Å². The summed E-state index contributed by atoms with van der Waals surface area (Å²) in [5.41, 5.74) is 6.61. The van der Waals surface area contributed by atoms with Crippen LogP contribution < -0.4 is 10.6 Å². The van der Waals surface area contributed by atoms with Crippen molar-refractivity contribution in [1.29, 1.82) is 0 Å². The van der Waals surface area contributed by atoms with Crippen molar-refractivity contribution in [3.63, 3.8) is 0 Å². The fourth-order valence-corrected chi connectivity index (χ4v) is 3.42. The second-order valence-corrected chi connectivity index (χ2v) is 7.45. The molecule has 0 amide bonds. The molecule has 0 radical (unpaired) electrons. The SMILES string of the molecule is CC1(C)CC(N(CCC(N)=S)c2ccccc2)C(C)(C)O1. The number of hydrogen-bond acceptors (Lipinski definition) is 3. The zero-order chi connectivity index (χ0) is 15.7. The molecular formula is C17H26N2OS. The van der Waals surface area contributed by atoms with Gasteiger partial charge in [-0.05, 0) is 46.2 Å². The molecule has 1 atom stereocenters. The fourth-order valence-electron chi connectivity index (χ4n) is 3.33. The minimum Gasteiger partial charge on any atom is -0.393 e. The lowest BCUT2D eigenvalue weighted by atomic mass is 9.92. The van der Waals surface area contributed by atoms with Gasteiger partial charge < -0.3 is 15.4 Å². The highest BCUT2D eigenvalue weighted by atomic mass is 32.1. The lowest BCUT2D eigenvalue weighted by Crippen LogP contribution is -2.47. The molecule has 1 saturated heterocycles. The van der Waals surface area contributed by atoms with Crippen LogP contribution in [0.4, 0.5) is 5.69 Å². The zero-order valence-electron chi connectivity index (χ0n) is 13.4. The van der Waals surface area contributed by atoms with Crippen LogP contribution in [0.5, 0.6) is 0 Å². The first-order chi connectivity index (χ1) is 9.71. The van der Waals surface area contributed by atoms with Crippen LogP contribution in [0.15, 0.2) is 30.3 Å². The molecule has 0 spiro atoms. The number of nitrogens with two attached hydrogens (primary N) is 1. The molecule has 116 valence electrons. The highest BCUT2D eigenvalue weighted by Gasteiger charge is 2.48. The molecule has 1 aliphatic rings. The van der Waals surface area contributed by atoms with Crippen molar-refractivity contribution in [2.45, 2.75) is 57.8 Å². The van der Waals surface area contributed by atoms with Gasteiger partial charge in [0.1, 0.15) is 0 Å². The Morgan fingerprint density at radius 1 is 1.29 bits per heavy atom. The topological polar surface area (TPSA) is 38.5 Å². The van der Waals surface area contributed by atoms with Gasteiger partial charge in [-0.25, -0.2) is 0 Å². The standard InChI is InChI=1S/C17H26N2OS/c1-16(2)12-14(17(3,4)20-16)19(11-10-15(18)21)13-8-6-5-7-9-13/h5-9,14H,10-12H2,1-4H3,(H2,18,21). The Balaban J connectivity index is 2.29. The van der Waals surface area contributed by atoms with Crippen LogP contribution >= 0.6 is 12.2 Å². The third-order valence-electron chi connectivity index (χ3n) is 4.09. The van der Waals surface area contributed by atoms with Crippen LogP contribution in [0.3, 0.4) is 0 Å². The predicted octanol–water partition coefficient (Wildman–Crippen LogP) is 3.52. The fraction of sp³-hybridized carbons (Fsp3) is 0.588. The van der Waals surface area contributed by atoms with Crippen LogP contribution in [-0.2, 0) is 4.74 Å². The lowest BCUT2D eigenvalue weighted by Gasteiger charge is -2.38. The lowest BCUT2D eigenvalue weighted by molar-refractivity contribution is -0.0679. The number of para-hydroxylation sites is 1. The number of rotatable bonds is 5. The van der Waals surface area contributed by atoms with Gasteiger partial charge >= 0.3 is 0 Å². The van der Waals surface area contributed by atoms with Gasteiger partial charge in [0.15, 0.2) is 0 Å². The van der Waals surface area contributed by atoms with E-state index < -0.39 is 0 Å². The quantitative estimate of drug-likeness (QED) is 0.845. The molecule has 0 aromatic heterocycles. The van der Waals surface area contributed by atoms with Crippen molar-refractivity contribution in [3.05, 3.63) is 30.3 Å². The number of anilines is 1. The van der Waals surface area contributed by atoms with Crippen LogP contribution in [0.25, 0.3) is 0 Å². The molecule has 1 heterocycles. The number of benzene rings is 1. The highest BCUT2D eigenvalue weighted by Crippen LogP contribution is 2.41.